The van der Waals surface area contributed by atoms with Crippen LogP contribution in [0.15, 0.2) is 42.5 Å². The molecule has 2 aromatic heterocycles. The van der Waals surface area contributed by atoms with Crippen LogP contribution in [-0.2, 0) is 0 Å². The van der Waals surface area contributed by atoms with Crippen molar-refractivity contribution in [2.45, 2.75) is 31.6 Å². The van der Waals surface area contributed by atoms with Gasteiger partial charge in [-0.05, 0) is 55.4 Å². The van der Waals surface area contributed by atoms with Gasteiger partial charge in [-0.25, -0.2) is 9.97 Å². The van der Waals surface area contributed by atoms with E-state index in [0.717, 1.165) is 51.1 Å². The van der Waals surface area contributed by atoms with E-state index in [9.17, 15) is 0 Å². The minimum absolute atomic E-state index is 0.515. The number of hydrogen-bond donors (Lipinski definition) is 2. The van der Waals surface area contributed by atoms with Crippen LogP contribution in [0.4, 0.5) is 11.5 Å². The van der Waals surface area contributed by atoms with E-state index in [1.54, 1.807) is 6.07 Å². The summed E-state index contributed by atoms with van der Waals surface area (Å²) < 4.78 is 0. The molecule has 29 heavy (non-hydrogen) atoms. The van der Waals surface area contributed by atoms with Gasteiger partial charge in [0.15, 0.2) is 5.82 Å². The highest BCUT2D eigenvalue weighted by Crippen LogP contribution is 2.52. The van der Waals surface area contributed by atoms with E-state index in [-0.39, 0.29) is 0 Å². The molecular weight excluding hydrogens is 403 g/mol. The lowest BCUT2D eigenvalue weighted by Crippen LogP contribution is -2.09. The molecule has 0 radical (unpaired) electrons. The third-order valence-electron chi connectivity index (χ3n) is 6.62. The third kappa shape index (κ3) is 2.89. The van der Waals surface area contributed by atoms with Gasteiger partial charge in [-0.2, -0.15) is 0 Å². The van der Waals surface area contributed by atoms with Crippen molar-refractivity contribution in [2.75, 3.05) is 5.32 Å². The number of rotatable bonds is 3. The van der Waals surface area contributed by atoms with Crippen LogP contribution in [0, 0.1) is 11.8 Å². The first-order chi connectivity index (χ1) is 14.2. The van der Waals surface area contributed by atoms with E-state index in [1.165, 1.54) is 25.7 Å². The fraction of sp³-hybridized carbons (Fsp3) is 0.304. The number of para-hydroxylation sites is 1. The Kier molecular flexibility index (Phi) is 4.00. The molecule has 0 aliphatic heterocycles. The number of imidazole rings is 1. The van der Waals surface area contributed by atoms with Crippen LogP contribution in [0.2, 0.25) is 10.0 Å². The number of anilines is 2. The monoisotopic (exact) mass is 422 g/mol. The second-order valence-corrected chi connectivity index (χ2v) is 9.17. The number of nitrogens with one attached hydrogen (secondary N) is 2. The van der Waals surface area contributed by atoms with Crippen LogP contribution in [0.5, 0.6) is 0 Å². The molecule has 4 nitrogen and oxygen atoms in total. The normalized spacial score (nSPS) is 23.3. The highest BCUT2D eigenvalue weighted by Gasteiger charge is 2.41. The molecule has 6 rings (SSSR count). The summed E-state index contributed by atoms with van der Waals surface area (Å²) in [6.07, 6.45) is 5.33. The zero-order chi connectivity index (χ0) is 19.5. The largest absolute Gasteiger partial charge is 0.339 e. The van der Waals surface area contributed by atoms with Crippen LogP contribution in [0.3, 0.4) is 0 Å². The number of fused-ring (bicyclic) bond motifs is 5. The molecule has 3 atom stereocenters. The van der Waals surface area contributed by atoms with Gasteiger partial charge in [-0.15, -0.1) is 0 Å². The minimum atomic E-state index is 0.515. The van der Waals surface area contributed by atoms with E-state index < -0.39 is 0 Å². The molecule has 0 amide bonds. The zero-order valence-corrected chi connectivity index (χ0v) is 17.3. The minimum Gasteiger partial charge on any atom is -0.339 e. The second-order valence-electron chi connectivity index (χ2n) is 8.36. The van der Waals surface area contributed by atoms with E-state index in [4.69, 9.17) is 33.2 Å². The molecule has 2 aliphatic rings. The Morgan fingerprint density at radius 2 is 1.86 bits per heavy atom. The van der Waals surface area contributed by atoms with Gasteiger partial charge >= 0.3 is 0 Å². The predicted molar refractivity (Wildman–Crippen MR) is 119 cm³/mol. The first-order valence-electron chi connectivity index (χ1n) is 10.2. The molecule has 2 fully saturated rings. The third-order valence-corrected chi connectivity index (χ3v) is 7.36. The first-order valence-corrected chi connectivity index (χ1v) is 10.9. The second kappa shape index (κ2) is 6.61. The Labute approximate surface area is 178 Å². The van der Waals surface area contributed by atoms with Gasteiger partial charge in [0.05, 0.1) is 15.6 Å². The Bertz CT molecular complexity index is 1250. The van der Waals surface area contributed by atoms with Crippen molar-refractivity contribution in [3.05, 3.63) is 58.3 Å². The molecule has 146 valence electrons. The lowest BCUT2D eigenvalue weighted by molar-refractivity contribution is 0.408. The maximum absolute atomic E-state index is 6.21. The van der Waals surface area contributed by atoms with Crippen LogP contribution in [0.25, 0.3) is 21.9 Å². The quantitative estimate of drug-likeness (QED) is 0.371. The van der Waals surface area contributed by atoms with Crippen LogP contribution in [-0.4, -0.2) is 15.0 Å². The number of aromatic nitrogens is 3. The number of benzene rings is 2. The SMILES string of the molecule is Clc1ccc(Nc2nc3ccccc3c3nc([C@H]4C[C@H]5CC[C@@H]4C5)[nH]c23)cc1Cl. The van der Waals surface area contributed by atoms with E-state index >= 15 is 0 Å². The summed E-state index contributed by atoms with van der Waals surface area (Å²) in [7, 11) is 0. The Morgan fingerprint density at radius 3 is 2.66 bits per heavy atom. The molecule has 0 spiro atoms. The van der Waals surface area contributed by atoms with E-state index in [1.807, 2.05) is 30.3 Å². The molecule has 2 aromatic carbocycles. The average molecular weight is 423 g/mol. The molecular formula is C23H20Cl2N4. The fourth-order valence-corrected chi connectivity index (χ4v) is 5.56. The molecule has 2 N–H and O–H groups in total. The lowest BCUT2D eigenvalue weighted by Gasteiger charge is -2.19. The summed E-state index contributed by atoms with van der Waals surface area (Å²) in [6, 6.07) is 13.7. The van der Waals surface area contributed by atoms with Crippen LogP contribution in [0.1, 0.15) is 37.4 Å². The summed E-state index contributed by atoms with van der Waals surface area (Å²) in [5, 5.41) is 5.55. The first kappa shape index (κ1) is 17.5. The molecule has 4 aromatic rings. The van der Waals surface area contributed by atoms with Gasteiger partial charge in [0.2, 0.25) is 0 Å². The number of halogens is 2. The predicted octanol–water partition coefficient (Wildman–Crippen LogP) is 7.07. The summed E-state index contributed by atoms with van der Waals surface area (Å²) in [5.74, 6) is 4.06. The molecule has 2 bridgehead atoms. The van der Waals surface area contributed by atoms with Crippen molar-refractivity contribution in [3.8, 4) is 0 Å². The van der Waals surface area contributed by atoms with E-state index in [0.29, 0.717) is 16.0 Å². The summed E-state index contributed by atoms with van der Waals surface area (Å²) in [6.45, 7) is 0. The number of H-pyrrole nitrogens is 1. The Morgan fingerprint density at radius 1 is 0.966 bits per heavy atom. The number of hydrogen-bond acceptors (Lipinski definition) is 3. The summed E-state index contributed by atoms with van der Waals surface area (Å²) in [5.41, 5.74) is 3.71. The van der Waals surface area contributed by atoms with Gasteiger partial charge in [-0.3, -0.25) is 0 Å². The van der Waals surface area contributed by atoms with Gasteiger partial charge < -0.3 is 10.3 Å². The fourth-order valence-electron chi connectivity index (χ4n) is 5.26. The molecule has 2 saturated carbocycles. The van der Waals surface area contributed by atoms with Crippen molar-refractivity contribution in [1.82, 2.24) is 15.0 Å². The van der Waals surface area contributed by atoms with Crippen molar-refractivity contribution in [3.63, 3.8) is 0 Å². The highest BCUT2D eigenvalue weighted by atomic mass is 35.5. The van der Waals surface area contributed by atoms with Gasteiger partial charge in [-0.1, -0.05) is 47.8 Å². The van der Waals surface area contributed by atoms with Gasteiger partial charge in [0, 0.05) is 17.0 Å². The highest BCUT2D eigenvalue weighted by molar-refractivity contribution is 6.42. The number of pyridine rings is 1. The lowest BCUT2D eigenvalue weighted by atomic mass is 9.88. The van der Waals surface area contributed by atoms with Crippen molar-refractivity contribution >= 4 is 56.6 Å². The van der Waals surface area contributed by atoms with E-state index in [2.05, 4.69) is 16.4 Å². The maximum Gasteiger partial charge on any atom is 0.157 e. The number of aromatic amines is 1. The maximum atomic E-state index is 6.21. The molecule has 6 heteroatoms. The van der Waals surface area contributed by atoms with Gasteiger partial charge in [0.25, 0.3) is 0 Å². The molecule has 0 unspecified atom stereocenters. The molecule has 0 saturated heterocycles. The van der Waals surface area contributed by atoms with Crippen LogP contribution >= 0.6 is 23.2 Å². The molecule has 2 aliphatic carbocycles. The zero-order valence-electron chi connectivity index (χ0n) is 15.8. The summed E-state index contributed by atoms with van der Waals surface area (Å²) >= 11 is 12.3. The topological polar surface area (TPSA) is 53.6 Å². The van der Waals surface area contributed by atoms with Crippen molar-refractivity contribution in [2.24, 2.45) is 11.8 Å². The Hall–Kier alpha value is -2.30. The van der Waals surface area contributed by atoms with Crippen LogP contribution < -0.4 is 5.32 Å². The van der Waals surface area contributed by atoms with Gasteiger partial charge in [0.1, 0.15) is 16.9 Å². The smallest absolute Gasteiger partial charge is 0.157 e. The Balaban J connectivity index is 1.50. The standard InChI is InChI=1S/C23H20Cl2N4/c24-17-8-7-14(11-18(17)25)26-23-21-20(15-3-1-2-4-19(15)27-23)28-22(29-21)16-10-12-5-6-13(16)9-12/h1-4,7-8,11-13,16H,5-6,9-10H2,(H,26,27)(H,28,29)/t12-,13+,16-/m0/s1. The number of nitrogens with zero attached hydrogens (tertiary/aromatic N) is 2. The van der Waals surface area contributed by atoms with Crippen molar-refractivity contribution < 1.29 is 0 Å². The summed E-state index contributed by atoms with van der Waals surface area (Å²) in [4.78, 5) is 13.6. The molecule has 2 heterocycles. The average Bonchev–Trinajstić information content (AvgIpc) is 3.46. The van der Waals surface area contributed by atoms with Crippen molar-refractivity contribution in [1.29, 1.82) is 0 Å².